The van der Waals surface area contributed by atoms with E-state index in [4.69, 9.17) is 0 Å². The lowest BCUT2D eigenvalue weighted by Crippen LogP contribution is -2.39. The summed E-state index contributed by atoms with van der Waals surface area (Å²) in [7, 11) is 0. The Kier molecular flexibility index (Phi) is 5.94. The second-order valence-electron chi connectivity index (χ2n) is 5.61. The summed E-state index contributed by atoms with van der Waals surface area (Å²) in [4.78, 5) is 14.1. The molecule has 4 heteroatoms. The molecule has 18 heavy (non-hydrogen) atoms. The van der Waals surface area contributed by atoms with Gasteiger partial charge in [0, 0.05) is 12.6 Å². The molecule has 1 amide bonds. The van der Waals surface area contributed by atoms with Crippen LogP contribution in [0.3, 0.4) is 0 Å². The Bertz CT molecular complexity index is 245. The smallest absolute Gasteiger partial charge is 0.233 e. The van der Waals surface area contributed by atoms with Crippen molar-refractivity contribution >= 4 is 5.91 Å². The van der Waals surface area contributed by atoms with E-state index < -0.39 is 0 Å². The summed E-state index contributed by atoms with van der Waals surface area (Å²) in [6.45, 7) is 4.95. The summed E-state index contributed by atoms with van der Waals surface area (Å²) in [6.07, 6.45) is 8.87. The zero-order valence-electron chi connectivity index (χ0n) is 11.4. The van der Waals surface area contributed by atoms with Crippen LogP contribution in [0.4, 0.5) is 0 Å². The van der Waals surface area contributed by atoms with Crippen LogP contribution >= 0.6 is 0 Å². The molecule has 1 aliphatic carbocycles. The number of rotatable bonds is 7. The molecule has 0 bridgehead atoms. The van der Waals surface area contributed by atoms with E-state index in [1.165, 1.54) is 51.6 Å². The van der Waals surface area contributed by atoms with Gasteiger partial charge in [0.25, 0.3) is 0 Å². The van der Waals surface area contributed by atoms with Crippen LogP contribution < -0.4 is 10.6 Å². The zero-order valence-corrected chi connectivity index (χ0v) is 11.4. The van der Waals surface area contributed by atoms with Crippen LogP contribution in [0.25, 0.3) is 0 Å². The Labute approximate surface area is 110 Å². The first-order valence-corrected chi connectivity index (χ1v) is 7.57. The van der Waals surface area contributed by atoms with Crippen molar-refractivity contribution in [3.05, 3.63) is 0 Å². The van der Waals surface area contributed by atoms with Crippen LogP contribution in [-0.2, 0) is 4.79 Å². The number of carbonyl (C=O) groups is 1. The van der Waals surface area contributed by atoms with Crippen molar-refractivity contribution in [2.24, 2.45) is 0 Å². The first-order valence-electron chi connectivity index (χ1n) is 7.57. The third-order valence-corrected chi connectivity index (χ3v) is 4.08. The molecule has 0 unspecified atom stereocenters. The summed E-state index contributed by atoms with van der Waals surface area (Å²) in [5.41, 5.74) is 0. The molecule has 2 fully saturated rings. The molecule has 0 aromatic carbocycles. The fourth-order valence-electron chi connectivity index (χ4n) is 2.97. The molecule has 0 aromatic rings. The highest BCUT2D eigenvalue weighted by Crippen LogP contribution is 2.17. The average Bonchev–Trinajstić information content (AvgIpc) is 3.04. The molecule has 2 aliphatic rings. The fourth-order valence-corrected chi connectivity index (χ4v) is 2.97. The number of nitrogens with one attached hydrogen (secondary N) is 2. The van der Waals surface area contributed by atoms with Crippen LogP contribution in [0.2, 0.25) is 0 Å². The minimum atomic E-state index is 0.156. The molecule has 4 nitrogen and oxygen atoms in total. The summed E-state index contributed by atoms with van der Waals surface area (Å²) < 4.78 is 0. The Morgan fingerprint density at radius 3 is 2.56 bits per heavy atom. The van der Waals surface area contributed by atoms with E-state index in [2.05, 4.69) is 15.5 Å². The van der Waals surface area contributed by atoms with E-state index in [1.807, 2.05) is 0 Å². The van der Waals surface area contributed by atoms with Crippen LogP contribution in [-0.4, -0.2) is 49.6 Å². The number of nitrogens with zero attached hydrogens (tertiary/aromatic N) is 1. The van der Waals surface area contributed by atoms with Gasteiger partial charge in [-0.3, -0.25) is 4.79 Å². The second-order valence-corrected chi connectivity index (χ2v) is 5.61. The van der Waals surface area contributed by atoms with Gasteiger partial charge in [-0.05, 0) is 51.7 Å². The highest BCUT2D eigenvalue weighted by atomic mass is 16.1. The molecule has 1 saturated carbocycles. The lowest BCUT2D eigenvalue weighted by atomic mass is 10.2. The van der Waals surface area contributed by atoms with Gasteiger partial charge in [0.05, 0.1) is 6.54 Å². The number of carbonyl (C=O) groups excluding carboxylic acids is 1. The van der Waals surface area contributed by atoms with Gasteiger partial charge in [-0.2, -0.15) is 0 Å². The monoisotopic (exact) mass is 253 g/mol. The molecule has 1 aliphatic heterocycles. The largest absolute Gasteiger partial charge is 0.355 e. The standard InChI is InChI=1S/C14H27N3O/c18-14(12-16-13-6-1-2-7-13)15-8-5-11-17-9-3-4-10-17/h13,16H,1-12H2,(H,15,18). The zero-order chi connectivity index (χ0) is 12.6. The van der Waals surface area contributed by atoms with E-state index in [1.54, 1.807) is 0 Å². The molecule has 1 heterocycles. The third kappa shape index (κ3) is 4.94. The van der Waals surface area contributed by atoms with Gasteiger partial charge < -0.3 is 15.5 Å². The number of likely N-dealkylation sites (tertiary alicyclic amines) is 1. The third-order valence-electron chi connectivity index (χ3n) is 4.08. The van der Waals surface area contributed by atoms with Crippen molar-refractivity contribution in [1.82, 2.24) is 15.5 Å². The van der Waals surface area contributed by atoms with E-state index in [0.29, 0.717) is 12.6 Å². The molecule has 2 rings (SSSR count). The Hall–Kier alpha value is -0.610. The predicted octanol–water partition coefficient (Wildman–Crippen LogP) is 1.12. The van der Waals surface area contributed by atoms with Gasteiger partial charge in [-0.1, -0.05) is 12.8 Å². The van der Waals surface area contributed by atoms with Crippen molar-refractivity contribution in [2.45, 2.75) is 51.0 Å². The molecule has 0 aromatic heterocycles. The van der Waals surface area contributed by atoms with Gasteiger partial charge in [0.15, 0.2) is 0 Å². The molecule has 1 saturated heterocycles. The SMILES string of the molecule is O=C(CNC1CCCC1)NCCCN1CCCC1. The van der Waals surface area contributed by atoms with Crippen molar-refractivity contribution in [3.63, 3.8) is 0 Å². The van der Waals surface area contributed by atoms with Crippen LogP contribution in [0.1, 0.15) is 44.9 Å². The average molecular weight is 253 g/mol. The Morgan fingerprint density at radius 2 is 1.83 bits per heavy atom. The normalized spacial score (nSPS) is 21.6. The van der Waals surface area contributed by atoms with E-state index in [-0.39, 0.29) is 5.91 Å². The Morgan fingerprint density at radius 1 is 1.11 bits per heavy atom. The summed E-state index contributed by atoms with van der Waals surface area (Å²) >= 11 is 0. The van der Waals surface area contributed by atoms with Crippen molar-refractivity contribution in [2.75, 3.05) is 32.7 Å². The van der Waals surface area contributed by atoms with Gasteiger partial charge in [-0.25, -0.2) is 0 Å². The van der Waals surface area contributed by atoms with E-state index in [9.17, 15) is 4.79 Å². The first-order chi connectivity index (χ1) is 8.84. The maximum absolute atomic E-state index is 11.6. The number of hydrogen-bond donors (Lipinski definition) is 2. The van der Waals surface area contributed by atoms with Gasteiger partial charge >= 0.3 is 0 Å². The predicted molar refractivity (Wildman–Crippen MR) is 73.6 cm³/mol. The minimum absolute atomic E-state index is 0.156. The summed E-state index contributed by atoms with van der Waals surface area (Å²) in [6, 6.07) is 0.584. The van der Waals surface area contributed by atoms with E-state index >= 15 is 0 Å². The highest BCUT2D eigenvalue weighted by Gasteiger charge is 2.15. The first kappa shape index (κ1) is 13.8. The summed E-state index contributed by atoms with van der Waals surface area (Å²) in [5.74, 6) is 0.156. The quantitative estimate of drug-likeness (QED) is 0.668. The molecule has 0 radical (unpaired) electrons. The molecular weight excluding hydrogens is 226 g/mol. The van der Waals surface area contributed by atoms with Gasteiger partial charge in [-0.15, -0.1) is 0 Å². The topological polar surface area (TPSA) is 44.4 Å². The number of amides is 1. The van der Waals surface area contributed by atoms with Crippen LogP contribution in [0.5, 0.6) is 0 Å². The molecule has 0 atom stereocenters. The van der Waals surface area contributed by atoms with Crippen molar-refractivity contribution in [3.8, 4) is 0 Å². The van der Waals surface area contributed by atoms with Crippen LogP contribution in [0, 0.1) is 0 Å². The molecule has 2 N–H and O–H groups in total. The minimum Gasteiger partial charge on any atom is -0.355 e. The van der Waals surface area contributed by atoms with Gasteiger partial charge in [0.1, 0.15) is 0 Å². The van der Waals surface area contributed by atoms with Gasteiger partial charge in [0.2, 0.25) is 5.91 Å². The number of hydrogen-bond acceptors (Lipinski definition) is 3. The Balaban J connectivity index is 1.44. The fraction of sp³-hybridized carbons (Fsp3) is 0.929. The second kappa shape index (κ2) is 7.74. The molecular formula is C14H27N3O. The molecule has 0 spiro atoms. The lowest BCUT2D eigenvalue weighted by Gasteiger charge is -2.15. The van der Waals surface area contributed by atoms with Crippen molar-refractivity contribution < 1.29 is 4.79 Å². The molecule has 104 valence electrons. The lowest BCUT2D eigenvalue weighted by molar-refractivity contribution is -0.120. The highest BCUT2D eigenvalue weighted by molar-refractivity contribution is 5.77. The van der Waals surface area contributed by atoms with Crippen LogP contribution in [0.15, 0.2) is 0 Å². The van der Waals surface area contributed by atoms with Crippen molar-refractivity contribution in [1.29, 1.82) is 0 Å². The maximum atomic E-state index is 11.6. The maximum Gasteiger partial charge on any atom is 0.233 e. The van der Waals surface area contributed by atoms with E-state index in [0.717, 1.165) is 19.5 Å². The summed E-state index contributed by atoms with van der Waals surface area (Å²) in [5, 5.41) is 6.34.